The van der Waals surface area contributed by atoms with Gasteiger partial charge in [-0.05, 0) is 49.1 Å². The average molecular weight is 374 g/mol. The van der Waals surface area contributed by atoms with Crippen LogP contribution in [0.3, 0.4) is 0 Å². The van der Waals surface area contributed by atoms with Crippen LogP contribution in [0.1, 0.15) is 24.1 Å². The molecule has 1 aromatic carbocycles. The Balaban J connectivity index is 1.56. The van der Waals surface area contributed by atoms with E-state index < -0.39 is 0 Å². The van der Waals surface area contributed by atoms with E-state index in [1.54, 1.807) is 11.1 Å². The molecule has 5 nitrogen and oxygen atoms in total. The monoisotopic (exact) mass is 373 g/mol. The number of amides is 2. The molecule has 1 aliphatic heterocycles. The molecule has 0 saturated carbocycles. The van der Waals surface area contributed by atoms with Crippen molar-refractivity contribution in [1.29, 1.82) is 0 Å². The highest BCUT2D eigenvalue weighted by molar-refractivity contribution is 6.30. The summed E-state index contributed by atoms with van der Waals surface area (Å²) in [4.78, 5) is 18.8. The summed E-state index contributed by atoms with van der Waals surface area (Å²) in [5.74, 6) is 0. The lowest BCUT2D eigenvalue weighted by Gasteiger charge is -2.25. The minimum absolute atomic E-state index is 0.0896. The Morgan fingerprint density at radius 2 is 2.23 bits per heavy atom. The molecule has 1 aromatic heterocycles. The van der Waals surface area contributed by atoms with Crippen molar-refractivity contribution in [3.05, 3.63) is 64.9 Å². The molecule has 1 saturated heterocycles. The molecule has 26 heavy (non-hydrogen) atoms. The van der Waals surface area contributed by atoms with Gasteiger partial charge in [-0.3, -0.25) is 4.98 Å². The van der Waals surface area contributed by atoms with Crippen molar-refractivity contribution in [3.8, 4) is 0 Å². The maximum absolute atomic E-state index is 12.7. The number of aromatic nitrogens is 1. The van der Waals surface area contributed by atoms with Gasteiger partial charge in [0.1, 0.15) is 0 Å². The van der Waals surface area contributed by atoms with Crippen LogP contribution in [-0.2, 0) is 17.7 Å². The van der Waals surface area contributed by atoms with Crippen molar-refractivity contribution in [1.82, 2.24) is 15.2 Å². The predicted molar refractivity (Wildman–Crippen MR) is 102 cm³/mol. The molecule has 1 atom stereocenters. The maximum atomic E-state index is 12.7. The third kappa shape index (κ3) is 5.71. The number of nitrogens with one attached hydrogen (secondary N) is 1. The minimum atomic E-state index is -0.0896. The summed E-state index contributed by atoms with van der Waals surface area (Å²) in [5.41, 5.74) is 1.98. The molecule has 0 radical (unpaired) electrons. The number of hydrogen-bond acceptors (Lipinski definition) is 3. The van der Waals surface area contributed by atoms with E-state index in [4.69, 9.17) is 16.3 Å². The number of benzene rings is 1. The summed E-state index contributed by atoms with van der Waals surface area (Å²) < 4.78 is 5.70. The van der Waals surface area contributed by atoms with Crippen LogP contribution in [0.25, 0.3) is 0 Å². The second-order valence-electron chi connectivity index (χ2n) is 6.45. The summed E-state index contributed by atoms with van der Waals surface area (Å²) in [6, 6.07) is 13.4. The van der Waals surface area contributed by atoms with Crippen molar-refractivity contribution >= 4 is 17.6 Å². The van der Waals surface area contributed by atoms with Gasteiger partial charge in [-0.1, -0.05) is 29.8 Å². The van der Waals surface area contributed by atoms with Crippen molar-refractivity contribution in [2.45, 2.75) is 31.9 Å². The van der Waals surface area contributed by atoms with Crippen LogP contribution >= 0.6 is 11.6 Å². The smallest absolute Gasteiger partial charge is 0.317 e. The second-order valence-corrected chi connectivity index (χ2v) is 6.88. The molecule has 2 amide bonds. The van der Waals surface area contributed by atoms with Crippen molar-refractivity contribution in [2.24, 2.45) is 0 Å². The van der Waals surface area contributed by atoms with E-state index >= 15 is 0 Å². The van der Waals surface area contributed by atoms with Crippen LogP contribution < -0.4 is 5.32 Å². The highest BCUT2D eigenvalue weighted by Crippen LogP contribution is 2.15. The normalized spacial score (nSPS) is 16.4. The Kier molecular flexibility index (Phi) is 6.86. The van der Waals surface area contributed by atoms with Gasteiger partial charge in [0.15, 0.2) is 0 Å². The lowest BCUT2D eigenvalue weighted by molar-refractivity contribution is 0.0792. The van der Waals surface area contributed by atoms with Gasteiger partial charge in [0.25, 0.3) is 0 Å². The Hall–Kier alpha value is -2.11. The van der Waals surface area contributed by atoms with Gasteiger partial charge in [-0.25, -0.2) is 4.79 Å². The van der Waals surface area contributed by atoms with Gasteiger partial charge in [0, 0.05) is 30.9 Å². The van der Waals surface area contributed by atoms with E-state index in [9.17, 15) is 4.79 Å². The standard InChI is InChI=1S/C20H24ClN3O2/c21-17-6-3-5-16(13-17)9-11-23-20(25)24(15-19-8-4-12-26-19)14-18-7-1-2-10-22-18/h1-3,5-7,10,13,19H,4,8-9,11-12,14-15H2,(H,23,25)/t19-/m1/s1. The molecule has 0 unspecified atom stereocenters. The molecule has 2 aromatic rings. The molecule has 2 heterocycles. The van der Waals surface area contributed by atoms with E-state index in [-0.39, 0.29) is 12.1 Å². The number of nitrogens with zero attached hydrogens (tertiary/aromatic N) is 2. The summed E-state index contributed by atoms with van der Waals surface area (Å²) in [7, 11) is 0. The fraction of sp³-hybridized carbons (Fsp3) is 0.400. The average Bonchev–Trinajstić information content (AvgIpc) is 3.15. The second kappa shape index (κ2) is 9.55. The van der Waals surface area contributed by atoms with Crippen LogP contribution in [0.2, 0.25) is 5.02 Å². The highest BCUT2D eigenvalue weighted by atomic mass is 35.5. The SMILES string of the molecule is O=C(NCCc1cccc(Cl)c1)N(Cc1ccccn1)C[C@H]1CCCO1. The third-order valence-corrected chi connectivity index (χ3v) is 4.63. The van der Waals surface area contributed by atoms with Crippen LogP contribution in [-0.4, -0.2) is 41.7 Å². The van der Waals surface area contributed by atoms with Gasteiger partial charge < -0.3 is 15.0 Å². The number of carbonyl (C=O) groups is 1. The number of hydrogen-bond donors (Lipinski definition) is 1. The Labute approximate surface area is 159 Å². The van der Waals surface area contributed by atoms with E-state index in [2.05, 4.69) is 10.3 Å². The minimum Gasteiger partial charge on any atom is -0.376 e. The topological polar surface area (TPSA) is 54.5 Å². The van der Waals surface area contributed by atoms with E-state index in [1.165, 1.54) is 0 Å². The predicted octanol–water partition coefficient (Wildman–Crippen LogP) is 3.67. The van der Waals surface area contributed by atoms with Crippen LogP contribution in [0.15, 0.2) is 48.7 Å². The van der Waals surface area contributed by atoms with Gasteiger partial charge in [-0.2, -0.15) is 0 Å². The fourth-order valence-electron chi connectivity index (χ4n) is 3.06. The summed E-state index contributed by atoms with van der Waals surface area (Å²) in [6.07, 6.45) is 4.64. The molecule has 0 bridgehead atoms. The first-order valence-corrected chi connectivity index (χ1v) is 9.37. The summed E-state index contributed by atoms with van der Waals surface area (Å²) in [6.45, 7) is 2.39. The number of halogens is 1. The van der Waals surface area contributed by atoms with Gasteiger partial charge in [0.2, 0.25) is 0 Å². The zero-order valence-corrected chi connectivity index (χ0v) is 15.5. The first kappa shape index (κ1) is 18.7. The number of ether oxygens (including phenoxy) is 1. The largest absolute Gasteiger partial charge is 0.376 e. The van der Waals surface area contributed by atoms with E-state index in [0.717, 1.165) is 37.1 Å². The zero-order valence-electron chi connectivity index (χ0n) is 14.7. The first-order valence-electron chi connectivity index (χ1n) is 8.99. The molecule has 138 valence electrons. The summed E-state index contributed by atoms with van der Waals surface area (Å²) in [5, 5.41) is 3.72. The van der Waals surface area contributed by atoms with Crippen LogP contribution in [0, 0.1) is 0 Å². The van der Waals surface area contributed by atoms with Crippen LogP contribution in [0.5, 0.6) is 0 Å². The first-order chi connectivity index (χ1) is 12.7. The zero-order chi connectivity index (χ0) is 18.2. The highest BCUT2D eigenvalue weighted by Gasteiger charge is 2.22. The van der Waals surface area contributed by atoms with Crippen molar-refractivity contribution in [2.75, 3.05) is 19.7 Å². The molecule has 1 N–H and O–H groups in total. The fourth-order valence-corrected chi connectivity index (χ4v) is 3.27. The molecule has 6 heteroatoms. The van der Waals surface area contributed by atoms with Crippen LogP contribution in [0.4, 0.5) is 4.79 Å². The number of carbonyl (C=O) groups excluding carboxylic acids is 1. The number of rotatable bonds is 7. The Morgan fingerprint density at radius 3 is 2.96 bits per heavy atom. The maximum Gasteiger partial charge on any atom is 0.317 e. The van der Waals surface area contributed by atoms with E-state index in [1.807, 2.05) is 42.5 Å². The quantitative estimate of drug-likeness (QED) is 0.805. The van der Waals surface area contributed by atoms with Crippen molar-refractivity contribution in [3.63, 3.8) is 0 Å². The molecule has 3 rings (SSSR count). The lowest BCUT2D eigenvalue weighted by atomic mass is 10.1. The molecular weight excluding hydrogens is 350 g/mol. The van der Waals surface area contributed by atoms with Gasteiger partial charge in [0.05, 0.1) is 18.3 Å². The Morgan fingerprint density at radius 1 is 1.31 bits per heavy atom. The molecular formula is C20H24ClN3O2. The van der Waals surface area contributed by atoms with Crippen molar-refractivity contribution < 1.29 is 9.53 Å². The third-order valence-electron chi connectivity index (χ3n) is 4.39. The molecule has 1 aliphatic rings. The summed E-state index contributed by atoms with van der Waals surface area (Å²) >= 11 is 6.01. The van der Waals surface area contributed by atoms with Gasteiger partial charge >= 0.3 is 6.03 Å². The molecule has 0 aliphatic carbocycles. The van der Waals surface area contributed by atoms with E-state index in [0.29, 0.717) is 24.7 Å². The molecule has 1 fully saturated rings. The van der Waals surface area contributed by atoms with Gasteiger partial charge in [-0.15, -0.1) is 0 Å². The molecule has 0 spiro atoms. The lowest BCUT2D eigenvalue weighted by Crippen LogP contribution is -2.44. The number of urea groups is 1. The number of pyridine rings is 1. The Bertz CT molecular complexity index is 705.